The standard InChI is InChI=1S/C14H11F6N3O/c1-8-2-4-9(5-3-8)23-11(14(18,19)20)10(6-22-23)12(24)21-7-13(15,16)17/h2-6H,7H2,1H3,(H,21,24). The summed E-state index contributed by atoms with van der Waals surface area (Å²) in [7, 11) is 0. The van der Waals surface area contributed by atoms with Gasteiger partial charge in [0.25, 0.3) is 5.91 Å². The fourth-order valence-electron chi connectivity index (χ4n) is 1.94. The smallest absolute Gasteiger partial charge is 0.343 e. The van der Waals surface area contributed by atoms with Crippen LogP contribution in [0.25, 0.3) is 5.69 Å². The third kappa shape index (κ3) is 4.06. The number of nitrogens with one attached hydrogen (secondary N) is 1. The molecule has 1 amide bonds. The molecule has 0 radical (unpaired) electrons. The molecule has 1 N–H and O–H groups in total. The van der Waals surface area contributed by atoms with Crippen molar-refractivity contribution in [1.82, 2.24) is 15.1 Å². The van der Waals surface area contributed by atoms with Crippen LogP contribution in [0.1, 0.15) is 21.6 Å². The Morgan fingerprint density at radius 2 is 1.71 bits per heavy atom. The lowest BCUT2D eigenvalue weighted by Crippen LogP contribution is -2.34. The normalized spacial score (nSPS) is 12.3. The minimum Gasteiger partial charge on any atom is -0.343 e. The quantitative estimate of drug-likeness (QED) is 0.861. The van der Waals surface area contributed by atoms with E-state index in [-0.39, 0.29) is 5.69 Å². The molecule has 1 aromatic carbocycles. The van der Waals surface area contributed by atoms with E-state index in [1.807, 2.05) is 0 Å². The van der Waals surface area contributed by atoms with E-state index in [1.165, 1.54) is 17.4 Å². The maximum Gasteiger partial charge on any atom is 0.434 e. The highest BCUT2D eigenvalue weighted by Gasteiger charge is 2.41. The Labute approximate surface area is 132 Å². The molecule has 24 heavy (non-hydrogen) atoms. The summed E-state index contributed by atoms with van der Waals surface area (Å²) in [4.78, 5) is 11.7. The fourth-order valence-corrected chi connectivity index (χ4v) is 1.94. The first-order valence-electron chi connectivity index (χ1n) is 6.56. The molecule has 0 spiro atoms. The van der Waals surface area contributed by atoms with Crippen molar-refractivity contribution in [1.29, 1.82) is 0 Å². The van der Waals surface area contributed by atoms with E-state index in [1.54, 1.807) is 19.1 Å². The third-order valence-electron chi connectivity index (χ3n) is 3.01. The van der Waals surface area contributed by atoms with Crippen molar-refractivity contribution >= 4 is 5.91 Å². The van der Waals surface area contributed by atoms with Gasteiger partial charge in [-0.1, -0.05) is 17.7 Å². The minimum atomic E-state index is -4.98. The maximum absolute atomic E-state index is 13.3. The van der Waals surface area contributed by atoms with Gasteiger partial charge in [0.2, 0.25) is 0 Å². The number of benzene rings is 1. The molecular weight excluding hydrogens is 340 g/mol. The average molecular weight is 351 g/mol. The molecule has 0 aliphatic carbocycles. The fraction of sp³-hybridized carbons (Fsp3) is 0.286. The summed E-state index contributed by atoms with van der Waals surface area (Å²) in [5.41, 5.74) is -1.59. The number of nitrogens with zero attached hydrogens (tertiary/aromatic N) is 2. The second-order valence-corrected chi connectivity index (χ2v) is 4.95. The molecule has 0 fully saturated rings. The third-order valence-corrected chi connectivity index (χ3v) is 3.01. The summed E-state index contributed by atoms with van der Waals surface area (Å²) in [5.74, 6) is -1.50. The predicted molar refractivity (Wildman–Crippen MR) is 71.7 cm³/mol. The van der Waals surface area contributed by atoms with Crippen LogP contribution in [0.4, 0.5) is 26.3 Å². The molecule has 2 rings (SSSR count). The lowest BCUT2D eigenvalue weighted by molar-refractivity contribution is -0.143. The first-order valence-corrected chi connectivity index (χ1v) is 6.56. The molecule has 0 atom stereocenters. The second-order valence-electron chi connectivity index (χ2n) is 4.95. The summed E-state index contributed by atoms with van der Waals surface area (Å²) in [6.07, 6.45) is -9.12. The molecule has 0 saturated heterocycles. The van der Waals surface area contributed by atoms with Crippen LogP contribution in [0.3, 0.4) is 0 Å². The highest BCUT2D eigenvalue weighted by Crippen LogP contribution is 2.33. The number of hydrogen-bond acceptors (Lipinski definition) is 2. The number of carbonyl (C=O) groups is 1. The number of rotatable bonds is 3. The predicted octanol–water partition coefficient (Wildman–Crippen LogP) is 3.49. The first-order chi connectivity index (χ1) is 11.0. The zero-order valence-electron chi connectivity index (χ0n) is 12.2. The molecule has 0 bridgehead atoms. The Morgan fingerprint density at radius 1 is 1.12 bits per heavy atom. The number of halogens is 6. The van der Waals surface area contributed by atoms with Crippen LogP contribution in [0.5, 0.6) is 0 Å². The van der Waals surface area contributed by atoms with Gasteiger partial charge in [-0.05, 0) is 19.1 Å². The van der Waals surface area contributed by atoms with Gasteiger partial charge in [0.1, 0.15) is 6.54 Å². The van der Waals surface area contributed by atoms with Gasteiger partial charge in [0.05, 0.1) is 17.4 Å². The summed E-state index contributed by atoms with van der Waals surface area (Å²) in [6.45, 7) is -0.00755. The van der Waals surface area contributed by atoms with Crippen LogP contribution in [0.2, 0.25) is 0 Å². The number of alkyl halides is 6. The van der Waals surface area contributed by atoms with Gasteiger partial charge in [-0.3, -0.25) is 4.79 Å². The largest absolute Gasteiger partial charge is 0.434 e. The molecule has 4 nitrogen and oxygen atoms in total. The average Bonchev–Trinajstić information content (AvgIpc) is 2.90. The van der Waals surface area contributed by atoms with Crippen molar-refractivity contribution in [2.24, 2.45) is 0 Å². The topological polar surface area (TPSA) is 46.9 Å². The second kappa shape index (κ2) is 6.17. The number of hydrogen-bond donors (Lipinski definition) is 1. The lowest BCUT2D eigenvalue weighted by Gasteiger charge is -2.13. The van der Waals surface area contributed by atoms with E-state index in [9.17, 15) is 31.1 Å². The summed E-state index contributed by atoms with van der Waals surface area (Å²) < 4.78 is 76.7. The van der Waals surface area contributed by atoms with Gasteiger partial charge in [0, 0.05) is 0 Å². The molecule has 0 aliphatic rings. The van der Waals surface area contributed by atoms with E-state index < -0.39 is 36.1 Å². The van der Waals surface area contributed by atoms with Crippen LogP contribution >= 0.6 is 0 Å². The molecule has 1 aromatic heterocycles. The van der Waals surface area contributed by atoms with Crippen LogP contribution in [0.15, 0.2) is 30.5 Å². The molecular formula is C14H11F6N3O. The molecule has 2 aromatic rings. The summed E-state index contributed by atoms with van der Waals surface area (Å²) in [6, 6.07) is 5.80. The SMILES string of the molecule is Cc1ccc(-n2ncc(C(=O)NCC(F)(F)F)c2C(F)(F)F)cc1. The number of aromatic nitrogens is 2. The maximum atomic E-state index is 13.3. The number of aryl methyl sites for hydroxylation is 1. The van der Waals surface area contributed by atoms with Gasteiger partial charge in [-0.25, -0.2) is 4.68 Å². The Bertz CT molecular complexity index is 730. The van der Waals surface area contributed by atoms with Crippen molar-refractivity contribution in [3.05, 3.63) is 47.3 Å². The molecule has 1 heterocycles. The summed E-state index contributed by atoms with van der Waals surface area (Å²) >= 11 is 0. The van der Waals surface area contributed by atoms with E-state index in [2.05, 4.69) is 5.10 Å². The van der Waals surface area contributed by atoms with E-state index in [0.29, 0.717) is 10.9 Å². The van der Waals surface area contributed by atoms with Gasteiger partial charge >= 0.3 is 12.4 Å². The van der Waals surface area contributed by atoms with Crippen LogP contribution < -0.4 is 5.32 Å². The van der Waals surface area contributed by atoms with E-state index in [4.69, 9.17) is 0 Å². The molecule has 0 aliphatic heterocycles. The zero-order valence-corrected chi connectivity index (χ0v) is 12.2. The van der Waals surface area contributed by atoms with E-state index in [0.717, 1.165) is 5.56 Å². The van der Waals surface area contributed by atoms with Gasteiger partial charge < -0.3 is 5.32 Å². The lowest BCUT2D eigenvalue weighted by atomic mass is 10.2. The van der Waals surface area contributed by atoms with Gasteiger partial charge in [-0.15, -0.1) is 0 Å². The minimum absolute atomic E-state index is 0.0304. The van der Waals surface area contributed by atoms with Crippen molar-refractivity contribution in [3.8, 4) is 5.69 Å². The van der Waals surface area contributed by atoms with Crippen molar-refractivity contribution in [3.63, 3.8) is 0 Å². The molecule has 130 valence electrons. The first kappa shape index (κ1) is 17.8. The van der Waals surface area contributed by atoms with Crippen LogP contribution in [0, 0.1) is 6.92 Å². The van der Waals surface area contributed by atoms with Crippen molar-refractivity contribution in [2.45, 2.75) is 19.3 Å². The van der Waals surface area contributed by atoms with Gasteiger partial charge in [0.15, 0.2) is 5.69 Å². The monoisotopic (exact) mass is 351 g/mol. The van der Waals surface area contributed by atoms with Gasteiger partial charge in [-0.2, -0.15) is 31.4 Å². The van der Waals surface area contributed by atoms with Crippen LogP contribution in [-0.4, -0.2) is 28.4 Å². The zero-order chi connectivity index (χ0) is 18.1. The highest BCUT2D eigenvalue weighted by atomic mass is 19.4. The molecule has 0 unspecified atom stereocenters. The molecule has 0 saturated carbocycles. The van der Waals surface area contributed by atoms with E-state index >= 15 is 0 Å². The Balaban J connectivity index is 2.43. The number of amides is 1. The Morgan fingerprint density at radius 3 is 2.21 bits per heavy atom. The van der Waals surface area contributed by atoms with Crippen LogP contribution in [-0.2, 0) is 6.18 Å². The summed E-state index contributed by atoms with van der Waals surface area (Å²) in [5, 5.41) is 4.91. The van der Waals surface area contributed by atoms with Crippen molar-refractivity contribution in [2.75, 3.05) is 6.54 Å². The van der Waals surface area contributed by atoms with Crippen molar-refractivity contribution < 1.29 is 31.1 Å². The Kier molecular flexibility index (Phi) is 4.59. The molecule has 10 heteroatoms. The number of carbonyl (C=O) groups excluding carboxylic acids is 1. The highest BCUT2D eigenvalue weighted by molar-refractivity contribution is 5.95. The Hall–Kier alpha value is -2.52.